The molecule has 0 aliphatic heterocycles. The van der Waals surface area contributed by atoms with Gasteiger partial charge in [0, 0.05) is 6.54 Å². The highest BCUT2D eigenvalue weighted by molar-refractivity contribution is 4.72. The van der Waals surface area contributed by atoms with Crippen LogP contribution in [0, 0.1) is 5.92 Å². The van der Waals surface area contributed by atoms with E-state index in [0.717, 1.165) is 12.5 Å². The molecule has 0 amide bonds. The van der Waals surface area contributed by atoms with E-state index in [2.05, 4.69) is 10.9 Å². The van der Waals surface area contributed by atoms with Gasteiger partial charge in [0.05, 0.1) is 0 Å². The predicted molar refractivity (Wildman–Crippen MR) is 34.4 cm³/mol. The summed E-state index contributed by atoms with van der Waals surface area (Å²) < 4.78 is 0. The van der Waals surface area contributed by atoms with Gasteiger partial charge >= 0.3 is 0 Å². The molecule has 1 aliphatic rings. The van der Waals surface area contributed by atoms with Gasteiger partial charge in [0.1, 0.15) is 0 Å². The molecule has 0 aromatic carbocycles. The van der Waals surface area contributed by atoms with E-state index in [-0.39, 0.29) is 0 Å². The third-order valence-corrected chi connectivity index (χ3v) is 1.55. The Labute approximate surface area is 50.6 Å². The van der Waals surface area contributed by atoms with Gasteiger partial charge in [-0.3, -0.25) is 10.9 Å². The summed E-state index contributed by atoms with van der Waals surface area (Å²) in [5, 5.41) is 0. The maximum atomic E-state index is 3.07. The fourth-order valence-corrected chi connectivity index (χ4v) is 0.808. The zero-order chi connectivity index (χ0) is 5.82. The van der Waals surface area contributed by atoms with Crippen molar-refractivity contribution >= 4 is 0 Å². The lowest BCUT2D eigenvalue weighted by atomic mass is 10.3. The second kappa shape index (κ2) is 3.05. The highest BCUT2D eigenvalue weighted by atomic mass is 15.3. The Balaban J connectivity index is 1.74. The first-order chi connectivity index (χ1) is 3.93. The van der Waals surface area contributed by atoms with Crippen LogP contribution in [0.5, 0.6) is 0 Å². The number of nitrogens with one attached hydrogen (secondary N) is 2. The Morgan fingerprint density at radius 2 is 2.25 bits per heavy atom. The van der Waals surface area contributed by atoms with Crippen molar-refractivity contribution in [2.24, 2.45) is 5.92 Å². The van der Waals surface area contributed by atoms with E-state index in [4.69, 9.17) is 0 Å². The summed E-state index contributed by atoms with van der Waals surface area (Å²) in [5.41, 5.74) is 5.97. The van der Waals surface area contributed by atoms with Crippen LogP contribution in [0.25, 0.3) is 0 Å². The first-order valence-corrected chi connectivity index (χ1v) is 3.33. The van der Waals surface area contributed by atoms with Gasteiger partial charge in [-0.15, -0.1) is 0 Å². The molecule has 1 aliphatic carbocycles. The molecule has 0 heterocycles. The Kier molecular flexibility index (Phi) is 2.30. The van der Waals surface area contributed by atoms with Crippen molar-refractivity contribution in [1.82, 2.24) is 10.9 Å². The topological polar surface area (TPSA) is 24.1 Å². The van der Waals surface area contributed by atoms with Crippen LogP contribution in [0.3, 0.4) is 0 Å². The van der Waals surface area contributed by atoms with Gasteiger partial charge in [-0.05, 0) is 19.4 Å². The smallest absolute Gasteiger partial charge is 0.0102 e. The second-order valence-electron chi connectivity index (χ2n) is 2.41. The van der Waals surface area contributed by atoms with Crippen LogP contribution < -0.4 is 10.9 Å². The van der Waals surface area contributed by atoms with E-state index in [1.165, 1.54) is 19.3 Å². The van der Waals surface area contributed by atoms with Crippen molar-refractivity contribution in [2.75, 3.05) is 13.6 Å². The first-order valence-electron chi connectivity index (χ1n) is 3.33. The third kappa shape index (κ3) is 2.28. The van der Waals surface area contributed by atoms with E-state index in [1.807, 2.05) is 7.05 Å². The summed E-state index contributed by atoms with van der Waals surface area (Å²) in [4.78, 5) is 0. The van der Waals surface area contributed by atoms with Crippen molar-refractivity contribution < 1.29 is 0 Å². The summed E-state index contributed by atoms with van der Waals surface area (Å²) in [6.45, 7) is 1.13. The Morgan fingerprint density at radius 1 is 1.50 bits per heavy atom. The van der Waals surface area contributed by atoms with Gasteiger partial charge in [0.25, 0.3) is 0 Å². The van der Waals surface area contributed by atoms with E-state index in [0.29, 0.717) is 0 Å². The van der Waals surface area contributed by atoms with Crippen molar-refractivity contribution in [2.45, 2.75) is 19.3 Å². The van der Waals surface area contributed by atoms with E-state index >= 15 is 0 Å². The minimum absolute atomic E-state index is 1.05. The van der Waals surface area contributed by atoms with Gasteiger partial charge < -0.3 is 0 Å². The normalized spacial score (nSPS) is 19.1. The molecule has 8 heavy (non-hydrogen) atoms. The Morgan fingerprint density at radius 3 is 2.75 bits per heavy atom. The van der Waals surface area contributed by atoms with Gasteiger partial charge in [0.15, 0.2) is 0 Å². The van der Waals surface area contributed by atoms with Crippen LogP contribution in [-0.4, -0.2) is 13.6 Å². The highest BCUT2D eigenvalue weighted by Gasteiger charge is 2.19. The third-order valence-electron chi connectivity index (χ3n) is 1.55. The molecule has 48 valence electrons. The molecule has 0 aromatic rings. The van der Waals surface area contributed by atoms with Crippen molar-refractivity contribution in [3.8, 4) is 0 Å². The van der Waals surface area contributed by atoms with Crippen LogP contribution in [0.15, 0.2) is 0 Å². The standard InChI is InChI=1S/C6H14N2/c1-7-8-5-4-6-2-3-6/h6-8H,2-5H2,1H3. The maximum Gasteiger partial charge on any atom is 0.0102 e. The van der Waals surface area contributed by atoms with E-state index in [1.54, 1.807) is 0 Å². The lowest BCUT2D eigenvalue weighted by Crippen LogP contribution is -2.28. The fraction of sp³-hybridized carbons (Fsp3) is 1.00. The molecule has 0 unspecified atom stereocenters. The van der Waals surface area contributed by atoms with Crippen LogP contribution in [0.1, 0.15) is 19.3 Å². The largest absolute Gasteiger partial charge is 0.261 e. The average Bonchev–Trinajstić information content (AvgIpc) is 2.51. The van der Waals surface area contributed by atoms with E-state index < -0.39 is 0 Å². The van der Waals surface area contributed by atoms with Gasteiger partial charge in [-0.2, -0.15) is 0 Å². The van der Waals surface area contributed by atoms with Crippen molar-refractivity contribution in [1.29, 1.82) is 0 Å². The SMILES string of the molecule is CNNCCC1CC1. The van der Waals surface area contributed by atoms with Gasteiger partial charge in [-0.25, -0.2) is 0 Å². The average molecular weight is 114 g/mol. The summed E-state index contributed by atoms with van der Waals surface area (Å²) >= 11 is 0. The number of rotatable bonds is 4. The molecule has 0 radical (unpaired) electrons. The molecule has 0 spiro atoms. The number of hydrogen-bond donors (Lipinski definition) is 2. The van der Waals surface area contributed by atoms with Crippen LogP contribution >= 0.6 is 0 Å². The van der Waals surface area contributed by atoms with Crippen LogP contribution in [0.2, 0.25) is 0 Å². The molecule has 0 saturated heterocycles. The highest BCUT2D eigenvalue weighted by Crippen LogP contribution is 2.31. The molecule has 0 aromatic heterocycles. The molecule has 0 bridgehead atoms. The van der Waals surface area contributed by atoms with Gasteiger partial charge in [0.2, 0.25) is 0 Å². The van der Waals surface area contributed by atoms with Crippen LogP contribution in [0.4, 0.5) is 0 Å². The summed E-state index contributed by atoms with van der Waals surface area (Å²) in [5.74, 6) is 1.05. The Hall–Kier alpha value is -0.0800. The Bertz CT molecular complexity index is 59.5. The lowest BCUT2D eigenvalue weighted by molar-refractivity contribution is 0.553. The minimum atomic E-state index is 1.05. The zero-order valence-electron chi connectivity index (χ0n) is 5.41. The molecular weight excluding hydrogens is 100 g/mol. The van der Waals surface area contributed by atoms with Crippen LogP contribution in [-0.2, 0) is 0 Å². The molecule has 2 N–H and O–H groups in total. The maximum absolute atomic E-state index is 3.07. The fourth-order valence-electron chi connectivity index (χ4n) is 0.808. The number of hydrazine groups is 1. The molecule has 1 fully saturated rings. The lowest BCUT2D eigenvalue weighted by Gasteiger charge is -1.98. The summed E-state index contributed by atoms with van der Waals surface area (Å²) in [7, 11) is 1.91. The van der Waals surface area contributed by atoms with E-state index in [9.17, 15) is 0 Å². The van der Waals surface area contributed by atoms with Crippen molar-refractivity contribution in [3.63, 3.8) is 0 Å². The monoisotopic (exact) mass is 114 g/mol. The predicted octanol–water partition coefficient (Wildman–Crippen LogP) is 0.510. The molecule has 1 rings (SSSR count). The van der Waals surface area contributed by atoms with Crippen molar-refractivity contribution in [3.05, 3.63) is 0 Å². The minimum Gasteiger partial charge on any atom is -0.261 e. The molecule has 1 saturated carbocycles. The molecule has 0 atom stereocenters. The summed E-state index contributed by atoms with van der Waals surface area (Å²) in [6, 6.07) is 0. The zero-order valence-corrected chi connectivity index (χ0v) is 5.41. The molecular formula is C6H14N2. The second-order valence-corrected chi connectivity index (χ2v) is 2.41. The first kappa shape index (κ1) is 6.05. The number of hydrogen-bond acceptors (Lipinski definition) is 2. The van der Waals surface area contributed by atoms with Gasteiger partial charge in [-0.1, -0.05) is 12.8 Å². The molecule has 2 heteroatoms. The quantitative estimate of drug-likeness (QED) is 0.411. The molecule has 2 nitrogen and oxygen atoms in total. The summed E-state index contributed by atoms with van der Waals surface area (Å²) in [6.07, 6.45) is 4.28.